The number of amides is 1. The van der Waals surface area contributed by atoms with Crippen LogP contribution >= 0.6 is 0 Å². The Hall–Kier alpha value is -1.50. The summed E-state index contributed by atoms with van der Waals surface area (Å²) in [5.41, 5.74) is 0.800. The third kappa shape index (κ3) is 6.25. The monoisotopic (exact) mass is 324 g/mol. The molecule has 5 nitrogen and oxygen atoms in total. The van der Waals surface area contributed by atoms with Crippen LogP contribution in [0.25, 0.3) is 0 Å². The largest absolute Gasteiger partial charge is 0.390 e. The van der Waals surface area contributed by atoms with E-state index in [0.29, 0.717) is 19.8 Å². The van der Waals surface area contributed by atoms with Crippen molar-refractivity contribution >= 4 is 5.91 Å². The smallest absolute Gasteiger partial charge is 0.220 e. The van der Waals surface area contributed by atoms with Crippen molar-refractivity contribution in [2.24, 2.45) is 0 Å². The maximum absolute atomic E-state index is 13.2. The third-order valence-corrected chi connectivity index (χ3v) is 4.02. The summed E-state index contributed by atoms with van der Waals surface area (Å²) in [6, 6.07) is 6.29. The molecule has 1 aliphatic heterocycles. The van der Waals surface area contributed by atoms with Gasteiger partial charge >= 0.3 is 0 Å². The summed E-state index contributed by atoms with van der Waals surface area (Å²) in [4.78, 5) is 14.1. The summed E-state index contributed by atoms with van der Waals surface area (Å²) >= 11 is 0. The summed E-state index contributed by atoms with van der Waals surface area (Å²) in [7, 11) is 0. The number of hydrogen-bond acceptors (Lipinski definition) is 4. The summed E-state index contributed by atoms with van der Waals surface area (Å²) in [5, 5.41) is 12.7. The van der Waals surface area contributed by atoms with E-state index >= 15 is 0 Å². The number of β-amino-alcohol motifs (C(OH)–C–C–N with tert-alkyl or cyclic N) is 1. The predicted molar refractivity (Wildman–Crippen MR) is 85.7 cm³/mol. The van der Waals surface area contributed by atoms with Crippen LogP contribution in [0.2, 0.25) is 0 Å². The number of aliphatic hydroxyl groups is 1. The first kappa shape index (κ1) is 17.8. The van der Waals surface area contributed by atoms with Gasteiger partial charge in [-0.15, -0.1) is 0 Å². The van der Waals surface area contributed by atoms with Gasteiger partial charge in [0.15, 0.2) is 0 Å². The lowest BCUT2D eigenvalue weighted by Crippen LogP contribution is -2.44. The molecule has 23 heavy (non-hydrogen) atoms. The van der Waals surface area contributed by atoms with E-state index in [1.54, 1.807) is 6.07 Å². The number of carbonyl (C=O) groups is 1. The quantitative estimate of drug-likeness (QED) is 0.789. The van der Waals surface area contributed by atoms with Gasteiger partial charge in [0.1, 0.15) is 5.82 Å². The normalized spacial score (nSPS) is 18.4. The van der Waals surface area contributed by atoms with Crippen molar-refractivity contribution < 1.29 is 19.0 Å². The van der Waals surface area contributed by atoms with Crippen LogP contribution in [0.3, 0.4) is 0 Å². The van der Waals surface area contributed by atoms with Gasteiger partial charge in [-0.2, -0.15) is 0 Å². The van der Waals surface area contributed by atoms with E-state index in [1.165, 1.54) is 12.1 Å². The van der Waals surface area contributed by atoms with Crippen LogP contribution in [0, 0.1) is 5.82 Å². The van der Waals surface area contributed by atoms with Crippen molar-refractivity contribution in [3.05, 3.63) is 35.6 Å². The minimum Gasteiger partial charge on any atom is -0.390 e. The fourth-order valence-electron chi connectivity index (χ4n) is 2.66. The van der Waals surface area contributed by atoms with E-state index in [2.05, 4.69) is 10.2 Å². The van der Waals surface area contributed by atoms with E-state index in [1.807, 2.05) is 13.0 Å². The minimum absolute atomic E-state index is 0.0675. The highest BCUT2D eigenvalue weighted by Crippen LogP contribution is 2.19. The third-order valence-electron chi connectivity index (χ3n) is 4.02. The molecule has 1 fully saturated rings. The number of benzene rings is 1. The van der Waals surface area contributed by atoms with Crippen LogP contribution in [0.15, 0.2) is 24.3 Å². The predicted octanol–water partition coefficient (Wildman–Crippen LogP) is 1.13. The molecule has 1 aromatic rings. The second-order valence-electron chi connectivity index (χ2n) is 6.03. The molecule has 2 atom stereocenters. The molecular formula is C17H25FN2O3. The second kappa shape index (κ2) is 8.96. The Morgan fingerprint density at radius 1 is 1.43 bits per heavy atom. The van der Waals surface area contributed by atoms with Crippen LogP contribution in [-0.4, -0.2) is 61.4 Å². The second-order valence-corrected chi connectivity index (χ2v) is 6.03. The summed E-state index contributed by atoms with van der Waals surface area (Å²) in [6.07, 6.45) is -0.324. The van der Waals surface area contributed by atoms with Crippen molar-refractivity contribution in [1.29, 1.82) is 0 Å². The van der Waals surface area contributed by atoms with Gasteiger partial charge < -0.3 is 15.2 Å². The minimum atomic E-state index is -0.596. The number of hydrogen-bond donors (Lipinski definition) is 2. The first-order chi connectivity index (χ1) is 11.0. The first-order valence-electron chi connectivity index (χ1n) is 8.05. The number of ether oxygens (including phenoxy) is 1. The summed E-state index contributed by atoms with van der Waals surface area (Å²) < 4.78 is 18.4. The van der Waals surface area contributed by atoms with E-state index in [0.717, 1.165) is 18.7 Å². The number of morpholine rings is 1. The van der Waals surface area contributed by atoms with Crippen molar-refractivity contribution in [1.82, 2.24) is 10.2 Å². The van der Waals surface area contributed by atoms with Gasteiger partial charge in [0.05, 0.1) is 19.3 Å². The van der Waals surface area contributed by atoms with Crippen molar-refractivity contribution in [3.8, 4) is 0 Å². The fourth-order valence-corrected chi connectivity index (χ4v) is 2.66. The van der Waals surface area contributed by atoms with Gasteiger partial charge in [-0.05, 0) is 23.6 Å². The number of aliphatic hydroxyl groups excluding tert-OH is 1. The topological polar surface area (TPSA) is 61.8 Å². The van der Waals surface area contributed by atoms with Gasteiger partial charge in [0.2, 0.25) is 5.91 Å². The average molecular weight is 324 g/mol. The van der Waals surface area contributed by atoms with Crippen molar-refractivity contribution in [2.75, 3.05) is 39.4 Å². The van der Waals surface area contributed by atoms with Gasteiger partial charge in [-0.1, -0.05) is 19.1 Å². The SMILES string of the molecule is CC(CC(=O)NCC(O)CN1CCOCC1)c1cccc(F)c1. The zero-order valence-corrected chi connectivity index (χ0v) is 13.5. The lowest BCUT2D eigenvalue weighted by Gasteiger charge is -2.28. The standard InChI is InChI=1S/C17H25FN2O3/c1-13(14-3-2-4-15(18)10-14)9-17(22)19-11-16(21)12-20-5-7-23-8-6-20/h2-4,10,13,16,21H,5-9,11-12H2,1H3,(H,19,22). The molecule has 1 amide bonds. The van der Waals surface area contributed by atoms with Crippen LogP contribution < -0.4 is 5.32 Å². The molecule has 0 spiro atoms. The number of halogens is 1. The van der Waals surface area contributed by atoms with Crippen LogP contribution in [0.1, 0.15) is 24.8 Å². The highest BCUT2D eigenvalue weighted by molar-refractivity contribution is 5.76. The van der Waals surface area contributed by atoms with Crippen LogP contribution in [-0.2, 0) is 9.53 Å². The van der Waals surface area contributed by atoms with Gasteiger partial charge in [-0.25, -0.2) is 4.39 Å². The molecule has 128 valence electrons. The summed E-state index contributed by atoms with van der Waals surface area (Å²) in [5.74, 6) is -0.499. The number of rotatable bonds is 7. The molecule has 2 unspecified atom stereocenters. The molecule has 1 heterocycles. The molecule has 0 aromatic heterocycles. The molecule has 0 saturated carbocycles. The van der Waals surface area contributed by atoms with Crippen molar-refractivity contribution in [2.45, 2.75) is 25.4 Å². The highest BCUT2D eigenvalue weighted by Gasteiger charge is 2.16. The molecule has 0 bridgehead atoms. The number of nitrogens with zero attached hydrogens (tertiary/aromatic N) is 1. The number of carbonyl (C=O) groups excluding carboxylic acids is 1. The Labute approximate surface area is 136 Å². The Balaban J connectivity index is 1.69. The molecule has 0 radical (unpaired) electrons. The van der Waals surface area contributed by atoms with Crippen LogP contribution in [0.4, 0.5) is 4.39 Å². The fraction of sp³-hybridized carbons (Fsp3) is 0.588. The lowest BCUT2D eigenvalue weighted by molar-refractivity contribution is -0.122. The Morgan fingerprint density at radius 2 is 2.17 bits per heavy atom. The first-order valence-corrected chi connectivity index (χ1v) is 8.05. The molecule has 1 saturated heterocycles. The Morgan fingerprint density at radius 3 is 2.87 bits per heavy atom. The molecule has 2 rings (SSSR count). The van der Waals surface area contributed by atoms with E-state index in [9.17, 15) is 14.3 Å². The van der Waals surface area contributed by atoms with Gasteiger partial charge in [-0.3, -0.25) is 9.69 Å². The van der Waals surface area contributed by atoms with Gasteiger partial charge in [0, 0.05) is 32.6 Å². The molecule has 6 heteroatoms. The molecule has 1 aromatic carbocycles. The van der Waals surface area contributed by atoms with E-state index < -0.39 is 6.10 Å². The van der Waals surface area contributed by atoms with Crippen LogP contribution in [0.5, 0.6) is 0 Å². The van der Waals surface area contributed by atoms with Crippen molar-refractivity contribution in [3.63, 3.8) is 0 Å². The Bertz CT molecular complexity index is 506. The zero-order chi connectivity index (χ0) is 16.7. The molecule has 0 aliphatic carbocycles. The molecule has 1 aliphatic rings. The maximum Gasteiger partial charge on any atom is 0.220 e. The average Bonchev–Trinajstić information content (AvgIpc) is 2.54. The molecule has 2 N–H and O–H groups in total. The number of nitrogens with one attached hydrogen (secondary N) is 1. The van der Waals surface area contributed by atoms with E-state index in [4.69, 9.17) is 4.74 Å². The highest BCUT2D eigenvalue weighted by atomic mass is 19.1. The zero-order valence-electron chi connectivity index (χ0n) is 13.5. The molecular weight excluding hydrogens is 299 g/mol. The lowest BCUT2D eigenvalue weighted by atomic mass is 9.97. The Kier molecular flexibility index (Phi) is 6.95. The summed E-state index contributed by atoms with van der Waals surface area (Å²) in [6.45, 7) is 5.63. The van der Waals surface area contributed by atoms with Gasteiger partial charge in [0.25, 0.3) is 0 Å². The maximum atomic E-state index is 13.2. The van der Waals surface area contributed by atoms with E-state index in [-0.39, 0.29) is 30.6 Å².